The van der Waals surface area contributed by atoms with E-state index in [1.165, 1.54) is 17.0 Å². The second-order valence-corrected chi connectivity index (χ2v) is 7.52. The van der Waals surface area contributed by atoms with E-state index in [9.17, 15) is 9.18 Å². The lowest BCUT2D eigenvalue weighted by molar-refractivity contribution is 0.0483. The summed E-state index contributed by atoms with van der Waals surface area (Å²) in [4.78, 5) is 13.8. The molecule has 0 atom stereocenters. The summed E-state index contributed by atoms with van der Waals surface area (Å²) in [7, 11) is 0. The first kappa shape index (κ1) is 16.1. The molecule has 1 aromatic rings. The summed E-state index contributed by atoms with van der Waals surface area (Å²) in [6.45, 7) is 9.39. The third-order valence-corrected chi connectivity index (χ3v) is 3.44. The highest BCUT2D eigenvalue weighted by Crippen LogP contribution is 2.40. The maximum Gasteiger partial charge on any atom is 0.415 e. The summed E-state index contributed by atoms with van der Waals surface area (Å²) in [5.74, 6) is -0.00370. The molecule has 0 saturated carbocycles. The van der Waals surface area contributed by atoms with Gasteiger partial charge in [0.1, 0.15) is 22.8 Å². The molecule has 0 radical (unpaired) electrons. The average molecular weight is 360 g/mol. The van der Waals surface area contributed by atoms with Crippen LogP contribution in [0.25, 0.3) is 0 Å². The maximum absolute atomic E-state index is 13.8. The molecular weight excluding hydrogens is 341 g/mol. The molecule has 2 rings (SSSR count). The van der Waals surface area contributed by atoms with Gasteiger partial charge in [-0.1, -0.05) is 0 Å². The van der Waals surface area contributed by atoms with E-state index in [4.69, 9.17) is 9.47 Å². The van der Waals surface area contributed by atoms with Gasteiger partial charge in [-0.05, 0) is 56.6 Å². The summed E-state index contributed by atoms with van der Waals surface area (Å²) in [6, 6.07) is 2.81. The van der Waals surface area contributed by atoms with Gasteiger partial charge in [-0.15, -0.1) is 0 Å². The molecule has 4 nitrogen and oxygen atoms in total. The van der Waals surface area contributed by atoms with Gasteiger partial charge < -0.3 is 9.47 Å². The van der Waals surface area contributed by atoms with Crippen molar-refractivity contribution in [1.82, 2.24) is 0 Å². The number of rotatable bonds is 0. The van der Waals surface area contributed by atoms with E-state index in [2.05, 4.69) is 15.9 Å². The van der Waals surface area contributed by atoms with Crippen molar-refractivity contribution in [1.29, 1.82) is 0 Å². The Hall–Kier alpha value is -1.30. The average Bonchev–Trinajstić information content (AvgIpc) is 2.27. The zero-order valence-electron chi connectivity index (χ0n) is 12.8. The molecule has 1 aromatic carbocycles. The van der Waals surface area contributed by atoms with Crippen LogP contribution in [0.4, 0.5) is 14.9 Å². The lowest BCUT2D eigenvalue weighted by Crippen LogP contribution is -2.50. The molecule has 0 spiro atoms. The molecule has 6 heteroatoms. The van der Waals surface area contributed by atoms with Gasteiger partial charge in [-0.2, -0.15) is 0 Å². The van der Waals surface area contributed by atoms with Crippen LogP contribution in [-0.2, 0) is 4.74 Å². The van der Waals surface area contributed by atoms with Crippen molar-refractivity contribution < 1.29 is 18.7 Å². The maximum atomic E-state index is 13.8. The van der Waals surface area contributed by atoms with Crippen LogP contribution < -0.4 is 9.64 Å². The normalized spacial score (nSPS) is 17.0. The monoisotopic (exact) mass is 359 g/mol. The van der Waals surface area contributed by atoms with Crippen LogP contribution in [0.1, 0.15) is 34.6 Å². The Morgan fingerprint density at radius 2 is 2.05 bits per heavy atom. The topological polar surface area (TPSA) is 38.8 Å². The highest BCUT2D eigenvalue weighted by atomic mass is 79.9. The van der Waals surface area contributed by atoms with E-state index in [0.717, 1.165) is 0 Å². The van der Waals surface area contributed by atoms with Gasteiger partial charge in [-0.3, -0.25) is 4.90 Å². The molecule has 0 aromatic heterocycles. The van der Waals surface area contributed by atoms with Crippen molar-refractivity contribution in [2.24, 2.45) is 0 Å². The molecule has 0 unspecified atom stereocenters. The van der Waals surface area contributed by atoms with E-state index < -0.39 is 23.1 Å². The Kier molecular flexibility index (Phi) is 3.95. The summed E-state index contributed by atoms with van der Waals surface area (Å²) >= 11 is 3.13. The molecular formula is C15H19BrFNO3. The van der Waals surface area contributed by atoms with E-state index in [-0.39, 0.29) is 6.54 Å². The summed E-state index contributed by atoms with van der Waals surface area (Å²) < 4.78 is 25.3. The molecule has 0 N–H and O–H groups in total. The SMILES string of the molecule is CC(C)(C)OC(=O)N1CC(C)(C)Oc2cc(Br)c(F)cc21. The van der Waals surface area contributed by atoms with E-state index in [1.54, 1.807) is 20.8 Å². The second kappa shape index (κ2) is 5.16. The van der Waals surface area contributed by atoms with Gasteiger partial charge in [-0.25, -0.2) is 9.18 Å². The van der Waals surface area contributed by atoms with Crippen LogP contribution in [0.15, 0.2) is 16.6 Å². The first-order valence-corrected chi connectivity index (χ1v) is 7.46. The Labute approximate surface area is 132 Å². The summed E-state index contributed by atoms with van der Waals surface area (Å²) in [5, 5.41) is 0. The number of hydrogen-bond donors (Lipinski definition) is 0. The van der Waals surface area contributed by atoms with Crippen LogP contribution in [0, 0.1) is 5.82 Å². The molecule has 116 valence electrons. The number of halogens is 2. The molecule has 1 heterocycles. The fourth-order valence-corrected chi connectivity index (χ4v) is 2.41. The number of carbonyl (C=O) groups excluding carboxylic acids is 1. The number of fused-ring (bicyclic) bond motifs is 1. The minimum absolute atomic E-state index is 0.288. The largest absolute Gasteiger partial charge is 0.484 e. The van der Waals surface area contributed by atoms with Gasteiger partial charge in [0, 0.05) is 6.07 Å². The van der Waals surface area contributed by atoms with Gasteiger partial charge in [0.25, 0.3) is 0 Å². The van der Waals surface area contributed by atoms with Crippen molar-refractivity contribution in [3.8, 4) is 5.75 Å². The number of amides is 1. The number of anilines is 1. The molecule has 0 bridgehead atoms. The van der Waals surface area contributed by atoms with E-state index in [0.29, 0.717) is 15.9 Å². The standard InChI is InChI=1S/C15H19BrFNO3/c1-14(2,3)21-13(19)18-8-15(4,5)20-12-6-9(16)10(17)7-11(12)18/h6-7H,8H2,1-5H3. The number of nitrogens with zero attached hydrogens (tertiary/aromatic N) is 1. The van der Waals surface area contributed by atoms with Crippen LogP contribution in [-0.4, -0.2) is 23.8 Å². The van der Waals surface area contributed by atoms with Gasteiger partial charge in [0.15, 0.2) is 0 Å². The Morgan fingerprint density at radius 3 is 2.62 bits per heavy atom. The third kappa shape index (κ3) is 3.67. The molecule has 1 amide bonds. The van der Waals surface area contributed by atoms with Gasteiger partial charge >= 0.3 is 6.09 Å². The van der Waals surface area contributed by atoms with Crippen molar-refractivity contribution in [3.05, 3.63) is 22.4 Å². The van der Waals surface area contributed by atoms with Crippen LogP contribution in [0.2, 0.25) is 0 Å². The fraction of sp³-hybridized carbons (Fsp3) is 0.533. The molecule has 1 aliphatic heterocycles. The van der Waals surface area contributed by atoms with Crippen molar-refractivity contribution in [2.75, 3.05) is 11.4 Å². The number of hydrogen-bond acceptors (Lipinski definition) is 3. The Balaban J connectivity index is 2.43. The minimum atomic E-state index is -0.617. The molecule has 0 fully saturated rings. The lowest BCUT2D eigenvalue weighted by atomic mass is 10.1. The van der Waals surface area contributed by atoms with Crippen molar-refractivity contribution in [3.63, 3.8) is 0 Å². The molecule has 21 heavy (non-hydrogen) atoms. The first-order chi connectivity index (χ1) is 9.48. The number of carbonyl (C=O) groups is 1. The lowest BCUT2D eigenvalue weighted by Gasteiger charge is -2.40. The molecule has 0 saturated heterocycles. The third-order valence-electron chi connectivity index (χ3n) is 2.83. The van der Waals surface area contributed by atoms with Gasteiger partial charge in [0.05, 0.1) is 16.7 Å². The predicted molar refractivity (Wildman–Crippen MR) is 82.4 cm³/mol. The zero-order valence-corrected chi connectivity index (χ0v) is 14.4. The number of ether oxygens (including phenoxy) is 2. The molecule has 0 aliphatic carbocycles. The van der Waals surface area contributed by atoms with Gasteiger partial charge in [0.2, 0.25) is 0 Å². The fourth-order valence-electron chi connectivity index (χ4n) is 2.09. The van der Waals surface area contributed by atoms with E-state index in [1.807, 2.05) is 13.8 Å². The second-order valence-electron chi connectivity index (χ2n) is 6.66. The quantitative estimate of drug-likeness (QED) is 0.684. The zero-order chi connectivity index (χ0) is 16.0. The summed E-state index contributed by atoms with van der Waals surface area (Å²) in [6.07, 6.45) is -0.512. The van der Waals surface area contributed by atoms with Crippen LogP contribution in [0.5, 0.6) is 5.75 Å². The first-order valence-electron chi connectivity index (χ1n) is 6.67. The Morgan fingerprint density at radius 1 is 1.43 bits per heavy atom. The molecule has 1 aliphatic rings. The van der Waals surface area contributed by atoms with Crippen molar-refractivity contribution in [2.45, 2.75) is 45.8 Å². The van der Waals surface area contributed by atoms with Crippen molar-refractivity contribution >= 4 is 27.7 Å². The highest BCUT2D eigenvalue weighted by molar-refractivity contribution is 9.10. The van der Waals surface area contributed by atoms with Crippen LogP contribution in [0.3, 0.4) is 0 Å². The predicted octanol–water partition coefficient (Wildman–Crippen LogP) is 4.50. The summed E-state index contributed by atoms with van der Waals surface area (Å²) in [5.41, 5.74) is -0.821. The number of benzene rings is 1. The van der Waals surface area contributed by atoms with Crippen LogP contribution >= 0.6 is 15.9 Å². The smallest absolute Gasteiger partial charge is 0.415 e. The Bertz CT molecular complexity index is 581. The van der Waals surface area contributed by atoms with E-state index >= 15 is 0 Å². The minimum Gasteiger partial charge on any atom is -0.484 e. The highest BCUT2D eigenvalue weighted by Gasteiger charge is 2.37.